The number of hydrogen-bond donors (Lipinski definition) is 2. The third-order valence-electron chi connectivity index (χ3n) is 5.91. The summed E-state index contributed by atoms with van der Waals surface area (Å²) < 4.78 is 0. The van der Waals surface area contributed by atoms with Gasteiger partial charge in [0, 0.05) is 25.2 Å². The van der Waals surface area contributed by atoms with Crippen LogP contribution < -0.4 is 10.6 Å². The minimum atomic E-state index is -0.197. The van der Waals surface area contributed by atoms with E-state index in [1.54, 1.807) is 4.90 Å². The Balaban J connectivity index is 1.61. The van der Waals surface area contributed by atoms with Gasteiger partial charge in [-0.3, -0.25) is 4.79 Å². The lowest BCUT2D eigenvalue weighted by Crippen LogP contribution is -2.39. The zero-order chi connectivity index (χ0) is 24.3. The number of carbonyl (C=O) groups is 2. The highest BCUT2D eigenvalue weighted by Crippen LogP contribution is 2.18. The van der Waals surface area contributed by atoms with E-state index < -0.39 is 0 Å². The first kappa shape index (κ1) is 25.0. The van der Waals surface area contributed by atoms with Crippen LogP contribution in [0.2, 0.25) is 0 Å². The van der Waals surface area contributed by atoms with Gasteiger partial charge in [-0.15, -0.1) is 0 Å². The lowest BCUT2D eigenvalue weighted by atomic mass is 10.0. The molecule has 1 atom stereocenters. The fraction of sp³-hybridized carbons (Fsp3) is 0.310. The number of carbonyl (C=O) groups excluding carboxylic acids is 2. The summed E-state index contributed by atoms with van der Waals surface area (Å²) in [4.78, 5) is 27.4. The average Bonchev–Trinajstić information content (AvgIpc) is 2.85. The highest BCUT2D eigenvalue weighted by molar-refractivity contribution is 5.89. The van der Waals surface area contributed by atoms with Crippen LogP contribution in [-0.2, 0) is 11.2 Å². The predicted octanol–water partition coefficient (Wildman–Crippen LogP) is 6.15. The first-order chi connectivity index (χ1) is 16.4. The summed E-state index contributed by atoms with van der Waals surface area (Å²) >= 11 is 0. The van der Waals surface area contributed by atoms with E-state index in [1.807, 2.05) is 79.7 Å². The standard InChI is InChI=1S/C29H35N3O2/c1-22(2)25-14-16-27(17-15-25)31-29(34)32(20-18-24-10-6-4-7-11-24)21-19-28(33)30-23(3)26-12-8-5-9-13-26/h4-17,22-23H,18-21H2,1-3H3,(H,30,33)(H,31,34). The highest BCUT2D eigenvalue weighted by atomic mass is 16.2. The quantitative estimate of drug-likeness (QED) is 0.383. The van der Waals surface area contributed by atoms with Crippen LogP contribution >= 0.6 is 0 Å². The van der Waals surface area contributed by atoms with E-state index in [1.165, 1.54) is 5.56 Å². The number of rotatable bonds is 10. The van der Waals surface area contributed by atoms with Gasteiger partial charge in [0.2, 0.25) is 5.91 Å². The molecule has 178 valence electrons. The van der Waals surface area contributed by atoms with E-state index in [9.17, 15) is 9.59 Å². The van der Waals surface area contributed by atoms with Gasteiger partial charge >= 0.3 is 6.03 Å². The maximum Gasteiger partial charge on any atom is 0.321 e. The molecule has 0 fully saturated rings. The number of nitrogens with one attached hydrogen (secondary N) is 2. The molecule has 0 aliphatic heterocycles. The van der Waals surface area contributed by atoms with Gasteiger partial charge in [-0.1, -0.05) is 86.6 Å². The molecule has 0 saturated heterocycles. The average molecular weight is 458 g/mol. The van der Waals surface area contributed by atoms with Gasteiger partial charge in [0.15, 0.2) is 0 Å². The molecular formula is C29H35N3O2. The number of benzene rings is 3. The summed E-state index contributed by atoms with van der Waals surface area (Å²) in [6, 6.07) is 27.6. The molecule has 2 N–H and O–H groups in total. The highest BCUT2D eigenvalue weighted by Gasteiger charge is 2.17. The van der Waals surface area contributed by atoms with Gasteiger partial charge in [-0.2, -0.15) is 0 Å². The summed E-state index contributed by atoms with van der Waals surface area (Å²) in [6.07, 6.45) is 0.967. The minimum Gasteiger partial charge on any atom is -0.350 e. The second-order valence-electron chi connectivity index (χ2n) is 8.88. The van der Waals surface area contributed by atoms with Crippen LogP contribution in [0.3, 0.4) is 0 Å². The van der Waals surface area contributed by atoms with E-state index >= 15 is 0 Å². The van der Waals surface area contributed by atoms with E-state index in [-0.39, 0.29) is 24.4 Å². The SMILES string of the molecule is CC(C)c1ccc(NC(=O)N(CCC(=O)NC(C)c2ccccc2)CCc2ccccc2)cc1. The Morgan fingerprint density at radius 3 is 2.00 bits per heavy atom. The normalized spacial score (nSPS) is 11.6. The molecule has 0 heterocycles. The third-order valence-corrected chi connectivity index (χ3v) is 5.91. The Kier molecular flexibility index (Phi) is 9.27. The first-order valence-electron chi connectivity index (χ1n) is 12.0. The van der Waals surface area contributed by atoms with Crippen molar-refractivity contribution in [2.24, 2.45) is 0 Å². The van der Waals surface area contributed by atoms with Gasteiger partial charge in [-0.25, -0.2) is 4.79 Å². The van der Waals surface area contributed by atoms with Crippen LogP contribution in [0.5, 0.6) is 0 Å². The van der Waals surface area contributed by atoms with Crippen LogP contribution in [0, 0.1) is 0 Å². The van der Waals surface area contributed by atoms with Gasteiger partial charge in [-0.05, 0) is 48.1 Å². The molecule has 3 aromatic carbocycles. The monoisotopic (exact) mass is 457 g/mol. The molecule has 5 heteroatoms. The zero-order valence-electron chi connectivity index (χ0n) is 20.3. The van der Waals surface area contributed by atoms with Gasteiger partial charge in [0.05, 0.1) is 6.04 Å². The van der Waals surface area contributed by atoms with Crippen LogP contribution in [0.1, 0.15) is 55.8 Å². The molecule has 3 rings (SSSR count). The molecule has 34 heavy (non-hydrogen) atoms. The summed E-state index contributed by atoms with van der Waals surface area (Å²) in [5, 5.41) is 6.02. The van der Waals surface area contributed by atoms with Crippen LogP contribution in [-0.4, -0.2) is 29.9 Å². The van der Waals surface area contributed by atoms with Crippen LogP contribution in [0.15, 0.2) is 84.9 Å². The molecule has 5 nitrogen and oxygen atoms in total. The van der Waals surface area contributed by atoms with Gasteiger partial charge < -0.3 is 15.5 Å². The topological polar surface area (TPSA) is 61.4 Å². The summed E-state index contributed by atoms with van der Waals surface area (Å²) in [5.74, 6) is 0.360. The molecule has 0 radical (unpaired) electrons. The lowest BCUT2D eigenvalue weighted by molar-refractivity contribution is -0.121. The van der Waals surface area contributed by atoms with Crippen molar-refractivity contribution in [2.75, 3.05) is 18.4 Å². The van der Waals surface area contributed by atoms with Crippen LogP contribution in [0.4, 0.5) is 10.5 Å². The Labute approximate surface area is 203 Å². The Morgan fingerprint density at radius 1 is 0.765 bits per heavy atom. The number of amides is 3. The number of nitrogens with zero attached hydrogens (tertiary/aromatic N) is 1. The van der Waals surface area contributed by atoms with Crippen molar-refractivity contribution in [1.29, 1.82) is 0 Å². The van der Waals surface area contributed by atoms with Crippen molar-refractivity contribution >= 4 is 17.6 Å². The van der Waals surface area contributed by atoms with Gasteiger partial charge in [0.25, 0.3) is 0 Å². The molecule has 1 unspecified atom stereocenters. The summed E-state index contributed by atoms with van der Waals surface area (Å²) in [6.45, 7) is 7.12. The molecule has 0 spiro atoms. The van der Waals surface area contributed by atoms with E-state index in [0.717, 1.165) is 23.2 Å². The van der Waals surface area contributed by atoms with E-state index in [2.05, 4.69) is 36.6 Å². The third kappa shape index (κ3) is 7.77. The molecule has 0 aliphatic rings. The van der Waals surface area contributed by atoms with Crippen molar-refractivity contribution in [3.63, 3.8) is 0 Å². The zero-order valence-corrected chi connectivity index (χ0v) is 20.3. The molecule has 0 saturated carbocycles. The van der Waals surface area contributed by atoms with E-state index in [0.29, 0.717) is 19.0 Å². The second-order valence-corrected chi connectivity index (χ2v) is 8.88. The number of hydrogen-bond acceptors (Lipinski definition) is 2. The summed E-state index contributed by atoms with van der Waals surface area (Å²) in [5.41, 5.74) is 4.19. The molecule has 0 aromatic heterocycles. The summed E-state index contributed by atoms with van der Waals surface area (Å²) in [7, 11) is 0. The van der Waals surface area contributed by atoms with Crippen molar-refractivity contribution < 1.29 is 9.59 Å². The fourth-order valence-corrected chi connectivity index (χ4v) is 3.75. The first-order valence-corrected chi connectivity index (χ1v) is 12.0. The Morgan fingerprint density at radius 2 is 1.38 bits per heavy atom. The Bertz CT molecular complexity index is 1030. The fourth-order valence-electron chi connectivity index (χ4n) is 3.75. The van der Waals surface area contributed by atoms with Crippen molar-refractivity contribution in [3.05, 3.63) is 102 Å². The second kappa shape index (κ2) is 12.6. The van der Waals surface area contributed by atoms with Crippen molar-refractivity contribution in [1.82, 2.24) is 10.2 Å². The van der Waals surface area contributed by atoms with E-state index in [4.69, 9.17) is 0 Å². The maximum atomic E-state index is 13.1. The number of urea groups is 1. The van der Waals surface area contributed by atoms with Crippen molar-refractivity contribution in [2.45, 2.75) is 45.6 Å². The molecule has 0 bridgehead atoms. The molecule has 0 aliphatic carbocycles. The smallest absolute Gasteiger partial charge is 0.321 e. The number of anilines is 1. The Hall–Kier alpha value is -3.60. The minimum absolute atomic E-state index is 0.0739. The van der Waals surface area contributed by atoms with Crippen LogP contribution in [0.25, 0.3) is 0 Å². The molecule has 3 aromatic rings. The van der Waals surface area contributed by atoms with Crippen molar-refractivity contribution in [3.8, 4) is 0 Å². The van der Waals surface area contributed by atoms with Gasteiger partial charge in [0.1, 0.15) is 0 Å². The lowest BCUT2D eigenvalue weighted by Gasteiger charge is -2.24. The molecular weight excluding hydrogens is 422 g/mol. The largest absolute Gasteiger partial charge is 0.350 e. The predicted molar refractivity (Wildman–Crippen MR) is 139 cm³/mol. The molecule has 3 amide bonds. The maximum absolute atomic E-state index is 13.1.